The highest BCUT2D eigenvalue weighted by atomic mass is 16.7. The molecule has 3 fully saturated rings. The number of esters is 1. The molecule has 0 aromatic heterocycles. The minimum absolute atomic E-state index is 0.0340. The number of alkyl carbamates (subject to hydrolysis) is 1. The summed E-state index contributed by atoms with van der Waals surface area (Å²) in [5.41, 5.74) is 2.59. The van der Waals surface area contributed by atoms with Gasteiger partial charge in [-0.1, -0.05) is 62.9 Å². The topological polar surface area (TPSA) is 307 Å². The lowest BCUT2D eigenvalue weighted by atomic mass is 10.0. The number of hydrogen-bond donors (Lipinski definition) is 5. The number of fused-ring (bicyclic) bond motifs is 2. The van der Waals surface area contributed by atoms with Crippen molar-refractivity contribution in [3.8, 4) is 23.0 Å². The Morgan fingerprint density at radius 2 is 1.43 bits per heavy atom. The number of amides is 7. The van der Waals surface area contributed by atoms with Gasteiger partial charge in [0.15, 0.2) is 35.5 Å². The third-order valence-electron chi connectivity index (χ3n) is 15.7. The van der Waals surface area contributed by atoms with Gasteiger partial charge in [-0.05, 0) is 125 Å². The van der Waals surface area contributed by atoms with Gasteiger partial charge in [-0.2, -0.15) is 0 Å². The molecule has 4 aliphatic rings. The molecule has 8 rings (SSSR count). The zero-order valence-electron chi connectivity index (χ0n) is 54.4. The minimum Gasteiger partial charge on any atom is -0.493 e. The van der Waals surface area contributed by atoms with Crippen molar-refractivity contribution in [2.45, 2.75) is 136 Å². The highest BCUT2D eigenvalue weighted by Gasteiger charge is 2.49. The number of carbonyl (C=O) groups excluding carboxylic acids is 8. The molecule has 4 aromatic carbocycles. The molecular formula is C68H83N7O19. The Balaban J connectivity index is 1.01. The fraction of sp³-hybridized carbons (Fsp3) is 0.441. The molecule has 504 valence electrons. The zero-order valence-corrected chi connectivity index (χ0v) is 54.4. The maximum absolute atomic E-state index is 14.7. The van der Waals surface area contributed by atoms with E-state index >= 15 is 0 Å². The number of ether oxygens (including phenoxy) is 10. The second kappa shape index (κ2) is 31.3. The molecule has 4 aliphatic heterocycles. The summed E-state index contributed by atoms with van der Waals surface area (Å²) in [6.45, 7) is 21.6. The van der Waals surface area contributed by atoms with Crippen LogP contribution < -0.4 is 45.1 Å². The Hall–Kier alpha value is -9.66. The van der Waals surface area contributed by atoms with Gasteiger partial charge >= 0.3 is 24.2 Å². The first-order valence-electron chi connectivity index (χ1n) is 30.8. The quantitative estimate of drug-likeness (QED) is 0.0248. The molecule has 0 saturated carbocycles. The van der Waals surface area contributed by atoms with Crippen LogP contribution in [-0.2, 0) is 57.8 Å². The molecule has 3 saturated heterocycles. The van der Waals surface area contributed by atoms with Crippen molar-refractivity contribution in [1.82, 2.24) is 20.4 Å². The highest BCUT2D eigenvalue weighted by Crippen LogP contribution is 2.44. The Morgan fingerprint density at radius 1 is 0.755 bits per heavy atom. The number of rotatable bonds is 24. The summed E-state index contributed by atoms with van der Waals surface area (Å²) in [5.74, 6) is -2.71. The maximum Gasteiger partial charge on any atom is 0.417 e. The normalized spacial score (nSPS) is 18.3. The van der Waals surface area contributed by atoms with Crippen LogP contribution >= 0.6 is 0 Å². The smallest absolute Gasteiger partial charge is 0.417 e. The van der Waals surface area contributed by atoms with E-state index in [-0.39, 0.29) is 103 Å². The summed E-state index contributed by atoms with van der Waals surface area (Å²) < 4.78 is 58.9. The average Bonchev–Trinajstić information content (AvgIpc) is 1.56. The van der Waals surface area contributed by atoms with E-state index in [4.69, 9.17) is 47.4 Å². The van der Waals surface area contributed by atoms with E-state index < -0.39 is 90.2 Å². The van der Waals surface area contributed by atoms with E-state index in [0.717, 1.165) is 18.4 Å². The van der Waals surface area contributed by atoms with Crippen LogP contribution in [-0.4, -0.2) is 159 Å². The van der Waals surface area contributed by atoms with E-state index in [0.29, 0.717) is 53.8 Å². The first kappa shape index (κ1) is 70.2. The number of nitrogens with zero attached hydrogens (tertiary/aromatic N) is 3. The van der Waals surface area contributed by atoms with E-state index in [1.807, 2.05) is 0 Å². The van der Waals surface area contributed by atoms with Crippen LogP contribution in [0.4, 0.5) is 31.4 Å². The average molecular weight is 1300 g/mol. The molecule has 6 atom stereocenters. The number of anilines is 3. The Labute approximate surface area is 545 Å². The van der Waals surface area contributed by atoms with Crippen molar-refractivity contribution in [3.63, 3.8) is 0 Å². The first-order chi connectivity index (χ1) is 44.8. The second-order valence-corrected chi connectivity index (χ2v) is 24.4. The number of aliphatic hydroxyl groups excluding tert-OH is 1. The van der Waals surface area contributed by atoms with Gasteiger partial charge in [0.2, 0.25) is 11.8 Å². The SMILES string of the molecule is C=CCOC(=O)N[C@H](C(=O)N[C@@H](C)C(=O)Nc1ccc(COC(=O)Nc2cc(OCc3cc(COc4cc5c(cc4OC)C(=O)N4CC(=C)C[C@H]4[C@H](OC4CCCCO4)N5C(=O)OC(C)(C)C)cc(C(=O)OC)c3)c(OC)cc2C(=O)N2CC(=C)C[C@H]2CO)cc1)C(C)C. The molecule has 7 amide bonds. The number of carbonyl (C=O) groups is 8. The number of benzene rings is 4. The largest absolute Gasteiger partial charge is 0.493 e. The van der Waals surface area contributed by atoms with Gasteiger partial charge in [0, 0.05) is 37.5 Å². The summed E-state index contributed by atoms with van der Waals surface area (Å²) in [6, 6.07) is 13.7. The Morgan fingerprint density at radius 3 is 2.04 bits per heavy atom. The molecular weight excluding hydrogens is 1220 g/mol. The number of likely N-dealkylation sites (tertiary alicyclic amines) is 1. The fourth-order valence-corrected chi connectivity index (χ4v) is 11.1. The minimum atomic E-state index is -1.07. The lowest BCUT2D eigenvalue weighted by Crippen LogP contribution is -2.54. The van der Waals surface area contributed by atoms with Gasteiger partial charge in [-0.3, -0.25) is 24.5 Å². The lowest BCUT2D eigenvalue weighted by molar-refractivity contribution is -0.195. The highest BCUT2D eigenvalue weighted by molar-refractivity contribution is 6.07. The molecule has 0 radical (unpaired) electrons. The predicted molar refractivity (Wildman–Crippen MR) is 344 cm³/mol. The molecule has 94 heavy (non-hydrogen) atoms. The van der Waals surface area contributed by atoms with Crippen molar-refractivity contribution in [2.24, 2.45) is 5.92 Å². The molecule has 5 N–H and O–H groups in total. The van der Waals surface area contributed by atoms with E-state index in [9.17, 15) is 43.5 Å². The van der Waals surface area contributed by atoms with Crippen LogP contribution in [0.3, 0.4) is 0 Å². The Kier molecular flexibility index (Phi) is 23.4. The summed E-state index contributed by atoms with van der Waals surface area (Å²) in [6.07, 6.45) is 0.0459. The van der Waals surface area contributed by atoms with Crippen LogP contribution in [0, 0.1) is 5.92 Å². The van der Waals surface area contributed by atoms with Gasteiger partial charge in [0.05, 0.1) is 68.1 Å². The van der Waals surface area contributed by atoms with E-state index in [1.165, 1.54) is 68.4 Å². The predicted octanol–water partition coefficient (Wildman–Crippen LogP) is 8.94. The maximum atomic E-state index is 14.7. The molecule has 26 heteroatoms. The van der Waals surface area contributed by atoms with E-state index in [2.05, 4.69) is 41.0 Å². The third-order valence-corrected chi connectivity index (χ3v) is 15.7. The molecule has 0 bridgehead atoms. The van der Waals surface area contributed by atoms with Gasteiger partial charge in [-0.25, -0.2) is 24.1 Å². The summed E-state index contributed by atoms with van der Waals surface area (Å²) in [4.78, 5) is 114. The lowest BCUT2D eigenvalue weighted by Gasteiger charge is -2.39. The van der Waals surface area contributed by atoms with Crippen molar-refractivity contribution < 1.29 is 90.8 Å². The van der Waals surface area contributed by atoms with Gasteiger partial charge in [-0.15, -0.1) is 0 Å². The third kappa shape index (κ3) is 17.5. The number of nitrogens with one attached hydrogen (secondary N) is 4. The van der Waals surface area contributed by atoms with Crippen LogP contribution in [0.15, 0.2) is 104 Å². The molecule has 0 aliphatic carbocycles. The van der Waals surface area contributed by atoms with Crippen LogP contribution in [0.1, 0.15) is 121 Å². The second-order valence-electron chi connectivity index (χ2n) is 24.4. The molecule has 0 spiro atoms. The zero-order chi connectivity index (χ0) is 68.1. The van der Waals surface area contributed by atoms with Gasteiger partial charge < -0.3 is 78.2 Å². The number of aliphatic hydroxyl groups is 1. The van der Waals surface area contributed by atoms with Gasteiger partial charge in [0.1, 0.15) is 44.1 Å². The van der Waals surface area contributed by atoms with Crippen LogP contribution in [0.5, 0.6) is 23.0 Å². The summed E-state index contributed by atoms with van der Waals surface area (Å²) >= 11 is 0. The van der Waals surface area contributed by atoms with Crippen LogP contribution in [0.25, 0.3) is 0 Å². The standard InChI is InChI=1S/C68H83N7O19/c1-13-21-89-66(83)72-58(38(2)3)60(78)69-41(6)59(77)70-46-19-17-42(18-20-46)35-92-65(82)71-50-30-55(53(85-10)28-48(50)61(79)73-32-39(4)23-47(73)34-76)90-36-43-25-44(27-45(26-43)64(81)87-12)37-91-56-31-51-49(29-54(56)86-11)62(80)74-33-40(5)24-52(74)63(93-57-16-14-15-22-88-57)75(51)67(84)94-68(7,8)9/h13,17-20,25-31,38,41,47,52,57-58,63,76H,1,4-5,14-16,21-24,32-37H2,2-3,6-12H3,(H,69,78)(H,70,77)(H,71,82)(H,72,83)/t41-,47-,52-,57?,58-,63-/m0/s1. The number of methoxy groups -OCH3 is 3. The van der Waals surface area contributed by atoms with Crippen molar-refractivity contribution in [3.05, 3.63) is 137 Å². The molecule has 4 aromatic rings. The first-order valence-corrected chi connectivity index (χ1v) is 30.8. The molecule has 1 unspecified atom stereocenters. The summed E-state index contributed by atoms with van der Waals surface area (Å²) in [5, 5.41) is 20.8. The van der Waals surface area contributed by atoms with Crippen LogP contribution in [0.2, 0.25) is 0 Å². The Bertz CT molecular complexity index is 3520. The van der Waals surface area contributed by atoms with Gasteiger partial charge in [0.25, 0.3) is 11.8 Å². The van der Waals surface area contributed by atoms with E-state index in [1.54, 1.807) is 82.0 Å². The number of hydrogen-bond acceptors (Lipinski definition) is 19. The van der Waals surface area contributed by atoms with Crippen molar-refractivity contribution >= 4 is 64.9 Å². The fourth-order valence-electron chi connectivity index (χ4n) is 11.1. The molecule has 4 heterocycles. The monoisotopic (exact) mass is 1300 g/mol. The van der Waals surface area contributed by atoms with Crippen molar-refractivity contribution in [2.75, 3.05) is 69.8 Å². The van der Waals surface area contributed by atoms with Crippen molar-refractivity contribution in [1.29, 1.82) is 0 Å². The molecule has 26 nitrogen and oxygen atoms in total. The summed E-state index contributed by atoms with van der Waals surface area (Å²) in [7, 11) is 4.01.